The van der Waals surface area contributed by atoms with Crippen molar-refractivity contribution in [2.45, 2.75) is 25.4 Å². The van der Waals surface area contributed by atoms with Gasteiger partial charge in [-0.25, -0.2) is 0 Å². The van der Waals surface area contributed by atoms with Crippen LogP contribution in [-0.2, 0) is 4.79 Å². The van der Waals surface area contributed by atoms with Gasteiger partial charge in [0.25, 0.3) is 5.91 Å². The van der Waals surface area contributed by atoms with E-state index in [1.165, 1.54) is 0 Å². The fourth-order valence-corrected chi connectivity index (χ4v) is 2.44. The standard InChI is InChI=1S/C14H18ClNO3/c1-2-6-14(18)9-16(10-14)13(17)8-19-12-5-3-4-11(15)7-12/h3-5,7,18H,2,6,8-10H2,1H3. The van der Waals surface area contributed by atoms with E-state index in [2.05, 4.69) is 0 Å². The third kappa shape index (κ3) is 3.61. The van der Waals surface area contributed by atoms with Gasteiger partial charge in [-0.05, 0) is 24.6 Å². The summed E-state index contributed by atoms with van der Waals surface area (Å²) >= 11 is 5.82. The van der Waals surface area contributed by atoms with Gasteiger partial charge in [0.05, 0.1) is 18.7 Å². The second kappa shape index (κ2) is 5.80. The number of benzene rings is 1. The second-order valence-corrected chi connectivity index (χ2v) is 5.41. The van der Waals surface area contributed by atoms with Crippen LogP contribution in [0, 0.1) is 0 Å². The van der Waals surface area contributed by atoms with Gasteiger partial charge in [0.1, 0.15) is 5.75 Å². The Hall–Kier alpha value is -1.26. The normalized spacial score (nSPS) is 16.9. The zero-order chi connectivity index (χ0) is 13.9. The van der Waals surface area contributed by atoms with Gasteiger partial charge in [0.2, 0.25) is 0 Å². The topological polar surface area (TPSA) is 49.8 Å². The van der Waals surface area contributed by atoms with Gasteiger partial charge >= 0.3 is 0 Å². The van der Waals surface area contributed by atoms with Crippen LogP contribution >= 0.6 is 11.6 Å². The molecule has 0 unspecified atom stereocenters. The van der Waals surface area contributed by atoms with Crippen molar-refractivity contribution < 1.29 is 14.6 Å². The Morgan fingerprint density at radius 2 is 2.26 bits per heavy atom. The molecule has 104 valence electrons. The van der Waals surface area contributed by atoms with Gasteiger partial charge in [0.15, 0.2) is 6.61 Å². The van der Waals surface area contributed by atoms with E-state index < -0.39 is 5.60 Å². The summed E-state index contributed by atoms with van der Waals surface area (Å²) in [6, 6.07) is 6.93. The lowest BCUT2D eigenvalue weighted by Gasteiger charge is -2.46. The predicted octanol–water partition coefficient (Wildman–Crippen LogP) is 2.09. The van der Waals surface area contributed by atoms with Crippen LogP contribution in [0.3, 0.4) is 0 Å². The molecule has 0 bridgehead atoms. The molecular formula is C14H18ClNO3. The molecule has 4 nitrogen and oxygen atoms in total. The molecule has 2 rings (SSSR count). The van der Waals surface area contributed by atoms with E-state index in [0.29, 0.717) is 23.9 Å². The van der Waals surface area contributed by atoms with Crippen LogP contribution in [0.25, 0.3) is 0 Å². The van der Waals surface area contributed by atoms with Gasteiger partial charge in [-0.15, -0.1) is 0 Å². The van der Waals surface area contributed by atoms with Gasteiger partial charge in [-0.1, -0.05) is 31.0 Å². The Balaban J connectivity index is 1.77. The third-order valence-corrected chi connectivity index (χ3v) is 3.43. The highest BCUT2D eigenvalue weighted by atomic mass is 35.5. The molecule has 1 N–H and O–H groups in total. The van der Waals surface area contributed by atoms with Crippen LogP contribution in [0.5, 0.6) is 5.75 Å². The number of amides is 1. The molecule has 0 saturated carbocycles. The first-order chi connectivity index (χ1) is 9.02. The number of hydrogen-bond donors (Lipinski definition) is 1. The summed E-state index contributed by atoms with van der Waals surface area (Å²) < 4.78 is 5.38. The van der Waals surface area contributed by atoms with Crippen LogP contribution in [0.1, 0.15) is 19.8 Å². The largest absolute Gasteiger partial charge is 0.484 e. The average molecular weight is 284 g/mol. The molecular weight excluding hydrogens is 266 g/mol. The highest BCUT2D eigenvalue weighted by Gasteiger charge is 2.42. The number of hydrogen-bond acceptors (Lipinski definition) is 3. The molecule has 0 spiro atoms. The first-order valence-electron chi connectivity index (χ1n) is 6.41. The first kappa shape index (κ1) is 14.2. The molecule has 1 saturated heterocycles. The lowest BCUT2D eigenvalue weighted by Crippen LogP contribution is -2.64. The summed E-state index contributed by atoms with van der Waals surface area (Å²) in [7, 11) is 0. The minimum absolute atomic E-state index is 0.0253. The number of rotatable bonds is 5. The number of nitrogens with zero attached hydrogens (tertiary/aromatic N) is 1. The van der Waals surface area contributed by atoms with E-state index >= 15 is 0 Å². The van der Waals surface area contributed by atoms with E-state index in [0.717, 1.165) is 12.8 Å². The van der Waals surface area contributed by atoms with Crippen molar-refractivity contribution in [2.75, 3.05) is 19.7 Å². The number of carbonyl (C=O) groups excluding carboxylic acids is 1. The number of carbonyl (C=O) groups is 1. The number of ether oxygens (including phenoxy) is 1. The Labute approximate surface area is 117 Å². The lowest BCUT2D eigenvalue weighted by molar-refractivity contribution is -0.158. The average Bonchev–Trinajstić information content (AvgIpc) is 2.33. The molecule has 0 radical (unpaired) electrons. The van der Waals surface area contributed by atoms with Crippen LogP contribution < -0.4 is 4.74 Å². The molecule has 1 fully saturated rings. The van der Waals surface area contributed by atoms with E-state index in [9.17, 15) is 9.90 Å². The van der Waals surface area contributed by atoms with Crippen molar-refractivity contribution in [3.63, 3.8) is 0 Å². The molecule has 5 heteroatoms. The summed E-state index contributed by atoms with van der Waals surface area (Å²) in [5.74, 6) is 0.464. The summed E-state index contributed by atoms with van der Waals surface area (Å²) in [6.45, 7) is 2.80. The molecule has 1 aromatic rings. The maximum absolute atomic E-state index is 11.8. The highest BCUT2D eigenvalue weighted by Crippen LogP contribution is 2.26. The molecule has 1 heterocycles. The van der Waals surface area contributed by atoms with E-state index in [1.54, 1.807) is 29.2 Å². The molecule has 1 aliphatic heterocycles. The van der Waals surface area contributed by atoms with Crippen molar-refractivity contribution >= 4 is 17.5 Å². The van der Waals surface area contributed by atoms with Crippen LogP contribution in [0.4, 0.5) is 0 Å². The highest BCUT2D eigenvalue weighted by molar-refractivity contribution is 6.30. The smallest absolute Gasteiger partial charge is 0.260 e. The minimum atomic E-state index is -0.694. The Morgan fingerprint density at radius 1 is 1.53 bits per heavy atom. The molecule has 19 heavy (non-hydrogen) atoms. The van der Waals surface area contributed by atoms with Crippen LogP contribution in [0.2, 0.25) is 5.02 Å². The summed E-state index contributed by atoms with van der Waals surface area (Å²) in [5.41, 5.74) is -0.694. The minimum Gasteiger partial charge on any atom is -0.484 e. The van der Waals surface area contributed by atoms with Crippen molar-refractivity contribution in [1.29, 1.82) is 0 Å². The van der Waals surface area contributed by atoms with Gasteiger partial charge in [0, 0.05) is 5.02 Å². The summed E-state index contributed by atoms with van der Waals surface area (Å²) in [4.78, 5) is 13.4. The quantitative estimate of drug-likeness (QED) is 0.900. The van der Waals surface area contributed by atoms with E-state index in [4.69, 9.17) is 16.3 Å². The van der Waals surface area contributed by atoms with Crippen molar-refractivity contribution in [3.05, 3.63) is 29.3 Å². The molecule has 0 aliphatic carbocycles. The first-order valence-corrected chi connectivity index (χ1v) is 6.79. The predicted molar refractivity (Wildman–Crippen MR) is 73.4 cm³/mol. The zero-order valence-corrected chi connectivity index (χ0v) is 11.7. The maximum Gasteiger partial charge on any atom is 0.260 e. The number of halogens is 1. The van der Waals surface area contributed by atoms with Gasteiger partial charge < -0.3 is 14.7 Å². The Kier molecular flexibility index (Phi) is 4.32. The Morgan fingerprint density at radius 3 is 2.89 bits per heavy atom. The number of β-amino-alcohol motifs (C(OH)–C–C–N with tert-alkyl or cyclic N) is 1. The zero-order valence-electron chi connectivity index (χ0n) is 10.9. The fraction of sp³-hybridized carbons (Fsp3) is 0.500. The van der Waals surface area contributed by atoms with Crippen molar-refractivity contribution in [1.82, 2.24) is 4.90 Å². The van der Waals surface area contributed by atoms with Gasteiger partial charge in [-0.2, -0.15) is 0 Å². The third-order valence-electron chi connectivity index (χ3n) is 3.20. The van der Waals surface area contributed by atoms with Crippen LogP contribution in [-0.4, -0.2) is 41.2 Å². The summed E-state index contributed by atoms with van der Waals surface area (Å²) in [5, 5.41) is 10.6. The van der Waals surface area contributed by atoms with Crippen LogP contribution in [0.15, 0.2) is 24.3 Å². The molecule has 1 aliphatic rings. The molecule has 1 aromatic carbocycles. The SMILES string of the molecule is CCCC1(O)CN(C(=O)COc2cccc(Cl)c2)C1. The summed E-state index contributed by atoms with van der Waals surface area (Å²) in [6.07, 6.45) is 1.64. The number of likely N-dealkylation sites (tertiary alicyclic amines) is 1. The lowest BCUT2D eigenvalue weighted by atomic mass is 9.89. The van der Waals surface area contributed by atoms with E-state index in [-0.39, 0.29) is 12.5 Å². The fourth-order valence-electron chi connectivity index (χ4n) is 2.26. The maximum atomic E-state index is 11.8. The van der Waals surface area contributed by atoms with Crippen molar-refractivity contribution in [3.8, 4) is 5.75 Å². The number of aliphatic hydroxyl groups is 1. The molecule has 0 aromatic heterocycles. The Bertz CT molecular complexity index is 458. The molecule has 0 atom stereocenters. The monoisotopic (exact) mass is 283 g/mol. The second-order valence-electron chi connectivity index (χ2n) is 4.97. The van der Waals surface area contributed by atoms with Gasteiger partial charge in [-0.3, -0.25) is 4.79 Å². The van der Waals surface area contributed by atoms with E-state index in [1.807, 2.05) is 6.92 Å². The van der Waals surface area contributed by atoms with Crippen molar-refractivity contribution in [2.24, 2.45) is 0 Å². The molecule has 1 amide bonds.